The number of anilines is 1. The van der Waals surface area contributed by atoms with E-state index in [1.54, 1.807) is 0 Å². The van der Waals surface area contributed by atoms with Gasteiger partial charge in [0.05, 0.1) is 10.7 Å². The third-order valence-electron chi connectivity index (χ3n) is 2.49. The van der Waals surface area contributed by atoms with Crippen LogP contribution in [0.3, 0.4) is 0 Å². The van der Waals surface area contributed by atoms with Crippen LogP contribution >= 0.6 is 0 Å². The fraction of sp³-hybridized carbons (Fsp3) is 0.500. The van der Waals surface area contributed by atoms with Gasteiger partial charge in [0.15, 0.2) is 0 Å². The fourth-order valence-electron chi connectivity index (χ4n) is 1.53. The quantitative estimate of drug-likeness (QED) is 0.432. The highest BCUT2D eigenvalue weighted by molar-refractivity contribution is 7.92. The molecule has 0 unspecified atom stereocenters. The molecule has 0 aromatic heterocycles. The second kappa shape index (κ2) is 7.20. The Morgan fingerprint density at radius 1 is 1.25 bits per heavy atom. The van der Waals surface area contributed by atoms with Gasteiger partial charge in [-0.05, 0) is 25.1 Å². The smallest absolute Gasteiger partial charge is 0.269 e. The van der Waals surface area contributed by atoms with Crippen molar-refractivity contribution >= 4 is 21.4 Å². The Balaban J connectivity index is 2.51. The summed E-state index contributed by atoms with van der Waals surface area (Å²) in [6.07, 6.45) is 0.500. The van der Waals surface area contributed by atoms with E-state index in [1.165, 1.54) is 24.3 Å². The van der Waals surface area contributed by atoms with Crippen molar-refractivity contribution in [2.24, 2.45) is 0 Å². The summed E-state index contributed by atoms with van der Waals surface area (Å²) in [5.74, 6) is 0.00368. The summed E-state index contributed by atoms with van der Waals surface area (Å²) in [5, 5.41) is 13.6. The number of nitrogens with one attached hydrogen (secondary N) is 2. The van der Waals surface area contributed by atoms with Crippen molar-refractivity contribution in [3.05, 3.63) is 34.4 Å². The molecule has 112 valence electrons. The zero-order chi connectivity index (χ0) is 15.2. The topological polar surface area (TPSA) is 101 Å². The first-order valence-electron chi connectivity index (χ1n) is 6.28. The maximum Gasteiger partial charge on any atom is 0.269 e. The zero-order valence-electron chi connectivity index (χ0n) is 11.5. The lowest BCUT2D eigenvalue weighted by Crippen LogP contribution is -2.26. The average molecular weight is 301 g/mol. The molecule has 0 radical (unpaired) electrons. The molecule has 8 heteroatoms. The molecule has 1 aromatic rings. The normalized spacial score (nSPS) is 11.6. The van der Waals surface area contributed by atoms with Crippen molar-refractivity contribution in [2.75, 3.05) is 17.0 Å². The number of hydrogen-bond acceptors (Lipinski definition) is 5. The Hall–Kier alpha value is -1.67. The molecular weight excluding hydrogens is 282 g/mol. The van der Waals surface area contributed by atoms with E-state index < -0.39 is 14.9 Å². The first kappa shape index (κ1) is 16.4. The molecule has 0 aliphatic carbocycles. The van der Waals surface area contributed by atoms with Gasteiger partial charge < -0.3 is 5.32 Å². The molecule has 0 heterocycles. The standard InChI is InChI=1S/C12H19N3O4S/c1-10(2)13-8-3-9-20(18,19)14-11-4-6-12(7-5-11)15(16)17/h4-7,10,13-14H,3,8-9H2,1-2H3. The first-order chi connectivity index (χ1) is 9.30. The first-order valence-corrected chi connectivity index (χ1v) is 7.94. The summed E-state index contributed by atoms with van der Waals surface area (Å²) in [5.41, 5.74) is 0.251. The molecule has 1 rings (SSSR count). The molecule has 0 aliphatic rings. The van der Waals surface area contributed by atoms with Crippen molar-refractivity contribution in [1.82, 2.24) is 5.32 Å². The number of nitro benzene ring substituents is 1. The van der Waals surface area contributed by atoms with Gasteiger partial charge in [-0.3, -0.25) is 14.8 Å². The maximum absolute atomic E-state index is 11.8. The van der Waals surface area contributed by atoms with Gasteiger partial charge in [0.25, 0.3) is 5.69 Å². The van der Waals surface area contributed by atoms with Gasteiger partial charge in [-0.25, -0.2) is 8.42 Å². The van der Waals surface area contributed by atoms with E-state index in [4.69, 9.17) is 0 Å². The molecule has 0 bridgehead atoms. The Morgan fingerprint density at radius 3 is 2.35 bits per heavy atom. The van der Waals surface area contributed by atoms with Crippen LogP contribution in [0.2, 0.25) is 0 Å². The Bertz CT molecular complexity index is 540. The van der Waals surface area contributed by atoms with Crippen LogP contribution in [0.1, 0.15) is 20.3 Å². The number of benzene rings is 1. The summed E-state index contributed by atoms with van der Waals surface area (Å²) in [6, 6.07) is 5.60. The maximum atomic E-state index is 11.8. The third-order valence-corrected chi connectivity index (χ3v) is 3.87. The van der Waals surface area contributed by atoms with E-state index >= 15 is 0 Å². The predicted molar refractivity (Wildman–Crippen MR) is 78.3 cm³/mol. The molecule has 0 aliphatic heterocycles. The molecular formula is C12H19N3O4S. The minimum atomic E-state index is -3.43. The minimum absolute atomic E-state index is 0.00368. The summed E-state index contributed by atoms with van der Waals surface area (Å²) in [6.45, 7) is 4.60. The van der Waals surface area contributed by atoms with Crippen LogP contribution in [0.15, 0.2) is 24.3 Å². The van der Waals surface area contributed by atoms with Crippen LogP contribution in [0.4, 0.5) is 11.4 Å². The van der Waals surface area contributed by atoms with Gasteiger partial charge in [0.1, 0.15) is 0 Å². The van der Waals surface area contributed by atoms with Crippen LogP contribution in [0.5, 0.6) is 0 Å². The average Bonchev–Trinajstić information content (AvgIpc) is 2.34. The monoisotopic (exact) mass is 301 g/mol. The molecule has 2 N–H and O–H groups in total. The molecule has 0 spiro atoms. The van der Waals surface area contributed by atoms with Gasteiger partial charge in [-0.15, -0.1) is 0 Å². The van der Waals surface area contributed by atoms with Crippen molar-refractivity contribution in [3.63, 3.8) is 0 Å². The van der Waals surface area contributed by atoms with Crippen LogP contribution in [0, 0.1) is 10.1 Å². The molecule has 1 aromatic carbocycles. The van der Waals surface area contributed by atoms with Gasteiger partial charge in [0, 0.05) is 23.9 Å². The number of rotatable bonds is 8. The van der Waals surface area contributed by atoms with E-state index in [0.717, 1.165) is 0 Å². The second-order valence-electron chi connectivity index (χ2n) is 4.69. The zero-order valence-corrected chi connectivity index (χ0v) is 12.3. The summed E-state index contributed by atoms with van der Waals surface area (Å²) < 4.78 is 26.0. The molecule has 0 saturated carbocycles. The van der Waals surface area contributed by atoms with Crippen LogP contribution in [0.25, 0.3) is 0 Å². The number of nitrogens with zero attached hydrogens (tertiary/aromatic N) is 1. The van der Waals surface area contributed by atoms with Gasteiger partial charge in [0.2, 0.25) is 10.0 Å². The molecule has 0 atom stereocenters. The van der Waals surface area contributed by atoms with Gasteiger partial charge in [-0.1, -0.05) is 13.8 Å². The highest BCUT2D eigenvalue weighted by atomic mass is 32.2. The lowest BCUT2D eigenvalue weighted by Gasteiger charge is -2.09. The van der Waals surface area contributed by atoms with E-state index in [9.17, 15) is 18.5 Å². The van der Waals surface area contributed by atoms with Gasteiger partial charge in [-0.2, -0.15) is 0 Å². The number of nitro groups is 1. The van der Waals surface area contributed by atoms with Crippen LogP contribution in [-0.4, -0.2) is 31.7 Å². The SMILES string of the molecule is CC(C)NCCCS(=O)(=O)Nc1ccc([N+](=O)[O-])cc1. The van der Waals surface area contributed by atoms with Crippen molar-refractivity contribution in [3.8, 4) is 0 Å². The van der Waals surface area contributed by atoms with E-state index in [0.29, 0.717) is 24.7 Å². The lowest BCUT2D eigenvalue weighted by molar-refractivity contribution is -0.384. The Labute approximate surface area is 118 Å². The predicted octanol–water partition coefficient (Wildman–Crippen LogP) is 1.72. The van der Waals surface area contributed by atoms with E-state index in [2.05, 4.69) is 10.0 Å². The van der Waals surface area contributed by atoms with E-state index in [-0.39, 0.29) is 11.4 Å². The van der Waals surface area contributed by atoms with Crippen LogP contribution < -0.4 is 10.0 Å². The van der Waals surface area contributed by atoms with Crippen LogP contribution in [-0.2, 0) is 10.0 Å². The summed E-state index contributed by atoms with van der Waals surface area (Å²) in [4.78, 5) is 9.95. The lowest BCUT2D eigenvalue weighted by atomic mass is 10.3. The number of sulfonamides is 1. The minimum Gasteiger partial charge on any atom is -0.314 e. The second-order valence-corrected chi connectivity index (χ2v) is 6.53. The van der Waals surface area contributed by atoms with Gasteiger partial charge >= 0.3 is 0 Å². The fourth-order valence-corrected chi connectivity index (χ4v) is 2.66. The highest BCUT2D eigenvalue weighted by Gasteiger charge is 2.11. The van der Waals surface area contributed by atoms with Crippen molar-refractivity contribution in [1.29, 1.82) is 0 Å². The van der Waals surface area contributed by atoms with Crippen molar-refractivity contribution < 1.29 is 13.3 Å². The summed E-state index contributed by atoms with van der Waals surface area (Å²) in [7, 11) is -3.43. The molecule has 7 nitrogen and oxygen atoms in total. The third kappa shape index (κ3) is 5.98. The Morgan fingerprint density at radius 2 is 1.85 bits per heavy atom. The molecule has 20 heavy (non-hydrogen) atoms. The number of non-ortho nitro benzene ring substituents is 1. The molecule has 0 saturated heterocycles. The van der Waals surface area contributed by atoms with Crippen molar-refractivity contribution in [2.45, 2.75) is 26.3 Å². The molecule has 0 amide bonds. The van der Waals surface area contributed by atoms with E-state index in [1.807, 2.05) is 13.8 Å². The highest BCUT2D eigenvalue weighted by Crippen LogP contribution is 2.16. The Kier molecular flexibility index (Phi) is 5.90. The summed E-state index contributed by atoms with van der Waals surface area (Å²) >= 11 is 0. The molecule has 0 fully saturated rings. The number of hydrogen-bond donors (Lipinski definition) is 2. The largest absolute Gasteiger partial charge is 0.314 e.